The van der Waals surface area contributed by atoms with Crippen LogP contribution in [0.2, 0.25) is 0 Å². The maximum Gasteiger partial charge on any atom is 0.588 e. The molecule has 2 aromatic rings. The van der Waals surface area contributed by atoms with Crippen molar-refractivity contribution in [2.45, 2.75) is 30.8 Å². The monoisotopic (exact) mass is 571 g/mol. The Morgan fingerprint density at radius 3 is 2.41 bits per heavy atom. The largest absolute Gasteiger partial charge is 0.734 e. The summed E-state index contributed by atoms with van der Waals surface area (Å²) in [5, 5.41) is 30.7. The molecule has 192 valence electrons. The molecule has 0 saturated carbocycles. The van der Waals surface area contributed by atoms with Crippen LogP contribution in [-0.2, 0) is 37.3 Å². The molecule has 24 heteroatoms. The molecule has 8 atom stereocenters. The van der Waals surface area contributed by atoms with Crippen LogP contribution in [0.15, 0.2) is 11.1 Å². The number of hydrogen-bond donors (Lipinski definition) is 9. The Labute approximate surface area is 188 Å². The quantitative estimate of drug-likeness (QED) is 0.0824. The molecule has 1 fully saturated rings. The molecule has 0 spiro atoms. The molecule has 0 amide bonds. The summed E-state index contributed by atoms with van der Waals surface area (Å²) in [4.78, 5) is 69.2. The van der Waals surface area contributed by atoms with E-state index >= 15 is 0 Å². The highest BCUT2D eigenvalue weighted by Gasteiger charge is 2.61. The van der Waals surface area contributed by atoms with E-state index in [2.05, 4.69) is 23.4 Å². The van der Waals surface area contributed by atoms with Crippen LogP contribution in [0.3, 0.4) is 0 Å². The van der Waals surface area contributed by atoms with E-state index in [-0.39, 0.29) is 17.1 Å². The first-order chi connectivity index (χ1) is 15.4. The zero-order chi connectivity index (χ0) is 25.8. The van der Waals surface area contributed by atoms with Gasteiger partial charge in [0, 0.05) is 0 Å². The molecule has 0 aliphatic carbocycles. The molecule has 2 aromatic heterocycles. The molecular weight excluding hydrogens is 555 g/mol. The van der Waals surface area contributed by atoms with Crippen LogP contribution in [0.1, 0.15) is 6.23 Å². The Morgan fingerprint density at radius 2 is 1.85 bits per heavy atom. The van der Waals surface area contributed by atoms with E-state index in [4.69, 9.17) is 20.3 Å². The third-order valence-electron chi connectivity index (χ3n) is 4.07. The van der Waals surface area contributed by atoms with Crippen molar-refractivity contribution in [3.05, 3.63) is 16.7 Å². The van der Waals surface area contributed by atoms with Gasteiger partial charge in [-0.05, 0) is 0 Å². The van der Waals surface area contributed by atoms with E-state index in [1.165, 1.54) is 0 Å². The standard InChI is InChI=1S/C10H16N5O15P3S/c11-10-13-6-2(7(18)14-10)12-1-15(6)8-4(17)3(16)5(28-8)9(19)29-34(32(23,24)25)33(26,27)30-31(20,21)22/h1,3-5,8-9,16-17,19H,(H7-,11,13,14,18,20,21,22,23,24,25,26,27)/t3-,4+,5-,8+,9?,34?/m0/s1. The highest BCUT2D eigenvalue weighted by atomic mass is 33.1. The normalized spacial score (nSPS) is 28.9. The SMILES string of the molecule is Nc1nc2c(ncn2[C@@H]2O[C@H](C(O)O[S+](P(=O)([O-])O)P(=O)(O)OP(=O)(O)O)[C@@H](O)[C@H]2O)c(=O)[nH]1. The predicted octanol–water partition coefficient (Wildman–Crippen LogP) is -4.14. The number of nitrogens with one attached hydrogen (secondary N) is 1. The number of hydrogen-bond acceptors (Lipinski definition) is 14. The summed E-state index contributed by atoms with van der Waals surface area (Å²) in [6.07, 6.45) is -9.52. The molecule has 0 radical (unpaired) electrons. The van der Waals surface area contributed by atoms with Gasteiger partial charge in [-0.3, -0.25) is 19.2 Å². The summed E-state index contributed by atoms with van der Waals surface area (Å²) in [6, 6.07) is 0. The number of nitrogens with two attached hydrogens (primary N) is 1. The van der Waals surface area contributed by atoms with Crippen LogP contribution in [0.25, 0.3) is 11.2 Å². The number of rotatable bonds is 8. The van der Waals surface area contributed by atoms with Crippen LogP contribution in [0, 0.1) is 0 Å². The molecule has 10 N–H and O–H groups in total. The molecule has 4 unspecified atom stereocenters. The Bertz CT molecular complexity index is 1270. The first-order valence-corrected chi connectivity index (χ1v) is 15.4. The summed E-state index contributed by atoms with van der Waals surface area (Å²) in [5.74, 6) is -0.353. The Kier molecular flexibility index (Phi) is 7.50. The number of nitrogens with zero attached hydrogens (tertiary/aromatic N) is 3. The number of nitrogen functional groups attached to an aromatic ring is 1. The van der Waals surface area contributed by atoms with Crippen LogP contribution in [0.4, 0.5) is 5.95 Å². The Hall–Kier alpha value is -1.25. The first-order valence-electron chi connectivity index (χ1n) is 8.40. The molecule has 20 nitrogen and oxygen atoms in total. The second-order valence-corrected chi connectivity index (χ2v) is 16.3. The summed E-state index contributed by atoms with van der Waals surface area (Å²) in [7, 11) is -9.58. The third kappa shape index (κ3) is 5.59. The number of aliphatic hydroxyl groups is 3. The average Bonchev–Trinajstić information content (AvgIpc) is 3.18. The Balaban J connectivity index is 1.89. The number of phosphoric acid groups is 1. The molecule has 34 heavy (non-hydrogen) atoms. The van der Waals surface area contributed by atoms with Gasteiger partial charge in [-0.2, -0.15) is 9.29 Å². The van der Waals surface area contributed by atoms with Crippen molar-refractivity contribution < 1.29 is 66.7 Å². The maximum atomic E-state index is 12.0. The smallest absolute Gasteiger partial charge is 0.588 e. The molecule has 1 aliphatic heterocycles. The molecule has 3 heterocycles. The number of aromatic nitrogens is 4. The summed E-state index contributed by atoms with van der Waals surface area (Å²) < 4.78 is 48.4. The lowest BCUT2D eigenvalue weighted by Gasteiger charge is -2.23. The van der Waals surface area contributed by atoms with E-state index in [0.29, 0.717) is 0 Å². The second-order valence-electron chi connectivity index (χ2n) is 6.47. The highest BCUT2D eigenvalue weighted by molar-refractivity contribution is 8.79. The first kappa shape index (κ1) is 27.3. The lowest BCUT2D eigenvalue weighted by Crippen LogP contribution is -2.41. The van der Waals surface area contributed by atoms with Gasteiger partial charge in [0.1, 0.15) is 18.3 Å². The number of imidazole rings is 1. The number of ether oxygens (including phenoxy) is 1. The van der Waals surface area contributed by atoms with Gasteiger partial charge in [-0.1, -0.05) is 0 Å². The fraction of sp³-hybridized carbons (Fsp3) is 0.500. The zero-order valence-electron chi connectivity index (χ0n) is 16.0. The van der Waals surface area contributed by atoms with E-state index in [0.717, 1.165) is 10.9 Å². The molecule has 1 saturated heterocycles. The van der Waals surface area contributed by atoms with Gasteiger partial charge in [-0.15, -0.1) is 4.18 Å². The number of aromatic amines is 1. The second kappa shape index (κ2) is 9.32. The lowest BCUT2D eigenvalue weighted by atomic mass is 10.1. The molecule has 3 rings (SSSR count). The van der Waals surface area contributed by atoms with Gasteiger partial charge in [0.2, 0.25) is 12.2 Å². The van der Waals surface area contributed by atoms with Crippen molar-refractivity contribution in [2.24, 2.45) is 0 Å². The number of anilines is 1. The molecule has 0 aromatic carbocycles. The van der Waals surface area contributed by atoms with Crippen LogP contribution in [-0.4, -0.2) is 79.0 Å². The minimum Gasteiger partial charge on any atom is -0.734 e. The third-order valence-corrected chi connectivity index (χ3v) is 14.1. The van der Waals surface area contributed by atoms with E-state index in [1.54, 1.807) is 0 Å². The van der Waals surface area contributed by atoms with Gasteiger partial charge >= 0.3 is 31.8 Å². The van der Waals surface area contributed by atoms with Crippen molar-refractivity contribution >= 4 is 48.9 Å². The van der Waals surface area contributed by atoms with Crippen LogP contribution in [0.5, 0.6) is 0 Å². The fourth-order valence-corrected chi connectivity index (χ4v) is 11.3. The van der Waals surface area contributed by atoms with Crippen molar-refractivity contribution in [1.82, 2.24) is 19.5 Å². The highest BCUT2D eigenvalue weighted by Crippen LogP contribution is 2.71. The number of H-pyrrole nitrogens is 1. The van der Waals surface area contributed by atoms with Crippen LogP contribution < -0.4 is 16.2 Å². The van der Waals surface area contributed by atoms with E-state index in [1.807, 2.05) is 0 Å². The Morgan fingerprint density at radius 1 is 1.24 bits per heavy atom. The topological polar surface area (TPSA) is 333 Å². The van der Waals surface area contributed by atoms with E-state index in [9.17, 15) is 48.5 Å². The van der Waals surface area contributed by atoms with Gasteiger partial charge in [0.25, 0.3) is 5.56 Å². The minimum atomic E-state index is -6.08. The van der Waals surface area contributed by atoms with Crippen LogP contribution >= 0.6 is 21.4 Å². The summed E-state index contributed by atoms with van der Waals surface area (Å²) >= 11 is 0. The number of fused-ring (bicyclic) bond motifs is 1. The minimum absolute atomic E-state index is 0.234. The van der Waals surface area contributed by atoms with Crippen molar-refractivity contribution in [2.75, 3.05) is 5.73 Å². The van der Waals surface area contributed by atoms with Gasteiger partial charge in [0.05, 0.1) is 6.33 Å². The average molecular weight is 571 g/mol. The summed E-state index contributed by atoms with van der Waals surface area (Å²) in [6.45, 7) is -12.1. The fourth-order valence-electron chi connectivity index (χ4n) is 2.83. The maximum absolute atomic E-state index is 12.0. The van der Waals surface area contributed by atoms with E-state index < -0.39 is 68.2 Å². The summed E-state index contributed by atoms with van der Waals surface area (Å²) in [5.41, 5.74) is 4.19. The predicted molar refractivity (Wildman–Crippen MR) is 106 cm³/mol. The van der Waals surface area contributed by atoms with Gasteiger partial charge in [-0.25, -0.2) is 18.7 Å². The van der Waals surface area contributed by atoms with Gasteiger partial charge < -0.3 is 45.4 Å². The lowest BCUT2D eigenvalue weighted by molar-refractivity contribution is -0.187. The molecular formula is C10H16N5O15P3S. The van der Waals surface area contributed by atoms with Crippen molar-refractivity contribution in [3.63, 3.8) is 0 Å². The molecule has 1 aliphatic rings. The van der Waals surface area contributed by atoms with Crippen molar-refractivity contribution in [3.8, 4) is 0 Å². The van der Waals surface area contributed by atoms with Crippen molar-refractivity contribution in [1.29, 1.82) is 0 Å². The van der Waals surface area contributed by atoms with Gasteiger partial charge in [0.15, 0.2) is 17.4 Å². The zero-order valence-corrected chi connectivity index (χ0v) is 19.5. The number of aliphatic hydroxyl groups excluding tert-OH is 3. The molecule has 0 bridgehead atoms.